The van der Waals surface area contributed by atoms with Crippen molar-refractivity contribution in [2.75, 3.05) is 27.3 Å². The van der Waals surface area contributed by atoms with Gasteiger partial charge in [-0.2, -0.15) is 0 Å². The standard InChI is InChI=1S/C11H24N2O/c1-10-4-6-11(14,7-5-10)8-12-9-13(2)3/h10,12,14H,4-9H2,1-3H3. The van der Waals surface area contributed by atoms with Gasteiger partial charge in [0.05, 0.1) is 5.60 Å². The smallest absolute Gasteiger partial charge is 0.0772 e. The fourth-order valence-electron chi connectivity index (χ4n) is 1.99. The topological polar surface area (TPSA) is 35.5 Å². The van der Waals surface area contributed by atoms with Gasteiger partial charge >= 0.3 is 0 Å². The van der Waals surface area contributed by atoms with Crippen LogP contribution in [-0.4, -0.2) is 42.9 Å². The molecule has 2 N–H and O–H groups in total. The zero-order chi connectivity index (χ0) is 10.6. The summed E-state index contributed by atoms with van der Waals surface area (Å²) < 4.78 is 0. The first kappa shape index (κ1) is 12.0. The van der Waals surface area contributed by atoms with E-state index in [1.54, 1.807) is 0 Å². The lowest BCUT2D eigenvalue weighted by atomic mass is 9.79. The van der Waals surface area contributed by atoms with Gasteiger partial charge in [-0.05, 0) is 45.7 Å². The second-order valence-electron chi connectivity index (χ2n) is 5.07. The van der Waals surface area contributed by atoms with Crippen LogP contribution in [0.5, 0.6) is 0 Å². The first-order valence-electron chi connectivity index (χ1n) is 5.60. The molecule has 0 radical (unpaired) electrons. The van der Waals surface area contributed by atoms with Crippen LogP contribution < -0.4 is 5.32 Å². The predicted octanol–water partition coefficient (Wildman–Crippen LogP) is 1.04. The van der Waals surface area contributed by atoms with Crippen LogP contribution in [0, 0.1) is 5.92 Å². The average molecular weight is 200 g/mol. The molecule has 0 bridgehead atoms. The van der Waals surface area contributed by atoms with Crippen molar-refractivity contribution in [1.82, 2.24) is 10.2 Å². The van der Waals surface area contributed by atoms with Gasteiger partial charge in [0.2, 0.25) is 0 Å². The Morgan fingerprint density at radius 2 is 1.93 bits per heavy atom. The van der Waals surface area contributed by atoms with E-state index in [2.05, 4.69) is 17.1 Å². The average Bonchev–Trinajstić information content (AvgIpc) is 2.10. The molecule has 3 nitrogen and oxygen atoms in total. The van der Waals surface area contributed by atoms with Gasteiger partial charge in [-0.15, -0.1) is 0 Å². The van der Waals surface area contributed by atoms with Crippen LogP contribution in [-0.2, 0) is 0 Å². The van der Waals surface area contributed by atoms with Crippen molar-refractivity contribution >= 4 is 0 Å². The molecule has 0 aromatic rings. The minimum Gasteiger partial charge on any atom is -0.389 e. The van der Waals surface area contributed by atoms with E-state index in [9.17, 15) is 5.11 Å². The summed E-state index contributed by atoms with van der Waals surface area (Å²) in [6.45, 7) is 3.85. The van der Waals surface area contributed by atoms with E-state index in [0.717, 1.165) is 32.0 Å². The molecule has 3 heteroatoms. The van der Waals surface area contributed by atoms with E-state index in [1.807, 2.05) is 14.1 Å². The van der Waals surface area contributed by atoms with Crippen molar-refractivity contribution in [1.29, 1.82) is 0 Å². The van der Waals surface area contributed by atoms with E-state index in [0.29, 0.717) is 0 Å². The molecular weight excluding hydrogens is 176 g/mol. The van der Waals surface area contributed by atoms with Gasteiger partial charge in [0.1, 0.15) is 0 Å². The summed E-state index contributed by atoms with van der Waals surface area (Å²) in [4.78, 5) is 2.08. The molecule has 84 valence electrons. The summed E-state index contributed by atoms with van der Waals surface area (Å²) in [5, 5.41) is 13.5. The third-order valence-corrected chi connectivity index (χ3v) is 3.09. The Bertz CT molecular complexity index is 163. The highest BCUT2D eigenvalue weighted by Crippen LogP contribution is 2.31. The molecule has 1 fully saturated rings. The summed E-state index contributed by atoms with van der Waals surface area (Å²) in [5.41, 5.74) is -0.442. The Balaban J connectivity index is 2.21. The quantitative estimate of drug-likeness (QED) is 0.666. The van der Waals surface area contributed by atoms with Crippen LogP contribution in [0.25, 0.3) is 0 Å². The monoisotopic (exact) mass is 200 g/mol. The van der Waals surface area contributed by atoms with Crippen molar-refractivity contribution in [3.8, 4) is 0 Å². The fraction of sp³-hybridized carbons (Fsp3) is 1.00. The summed E-state index contributed by atoms with van der Waals surface area (Å²) in [7, 11) is 4.06. The Kier molecular flexibility index (Phi) is 4.35. The Labute approximate surface area is 87.5 Å². The molecule has 1 aliphatic rings. The number of hydrogen-bond acceptors (Lipinski definition) is 3. The maximum Gasteiger partial charge on any atom is 0.0772 e. The SMILES string of the molecule is CC1CCC(O)(CNCN(C)C)CC1. The van der Waals surface area contributed by atoms with Crippen molar-refractivity contribution in [2.45, 2.75) is 38.2 Å². The van der Waals surface area contributed by atoms with Gasteiger partial charge in [-0.3, -0.25) is 4.90 Å². The highest BCUT2D eigenvalue weighted by Gasteiger charge is 2.31. The summed E-state index contributed by atoms with van der Waals surface area (Å²) in [6.07, 6.45) is 4.24. The van der Waals surface area contributed by atoms with Gasteiger partial charge in [-0.1, -0.05) is 6.92 Å². The van der Waals surface area contributed by atoms with Crippen molar-refractivity contribution < 1.29 is 5.11 Å². The van der Waals surface area contributed by atoms with E-state index in [-0.39, 0.29) is 0 Å². The molecule has 0 atom stereocenters. The number of nitrogens with zero attached hydrogens (tertiary/aromatic N) is 1. The Morgan fingerprint density at radius 1 is 1.36 bits per heavy atom. The predicted molar refractivity (Wildman–Crippen MR) is 59.1 cm³/mol. The lowest BCUT2D eigenvalue weighted by Crippen LogP contribution is -2.45. The Hall–Kier alpha value is -0.120. The molecule has 0 aromatic carbocycles. The van der Waals surface area contributed by atoms with Crippen molar-refractivity contribution in [2.24, 2.45) is 5.92 Å². The van der Waals surface area contributed by atoms with Crippen molar-refractivity contribution in [3.05, 3.63) is 0 Å². The molecule has 14 heavy (non-hydrogen) atoms. The molecule has 1 aliphatic carbocycles. The molecule has 0 unspecified atom stereocenters. The first-order chi connectivity index (χ1) is 6.52. The largest absolute Gasteiger partial charge is 0.389 e. The van der Waals surface area contributed by atoms with Gasteiger partial charge in [0, 0.05) is 13.2 Å². The molecule has 0 amide bonds. The van der Waals surface area contributed by atoms with Crippen LogP contribution in [0.1, 0.15) is 32.6 Å². The van der Waals surface area contributed by atoms with Crippen molar-refractivity contribution in [3.63, 3.8) is 0 Å². The highest BCUT2D eigenvalue weighted by molar-refractivity contribution is 4.86. The number of aliphatic hydroxyl groups is 1. The van der Waals surface area contributed by atoms with Crippen LogP contribution in [0.4, 0.5) is 0 Å². The van der Waals surface area contributed by atoms with E-state index < -0.39 is 5.60 Å². The fourth-order valence-corrected chi connectivity index (χ4v) is 1.99. The highest BCUT2D eigenvalue weighted by atomic mass is 16.3. The summed E-state index contributed by atoms with van der Waals surface area (Å²) in [5.74, 6) is 0.795. The number of nitrogens with one attached hydrogen (secondary N) is 1. The molecule has 1 rings (SSSR count). The second-order valence-corrected chi connectivity index (χ2v) is 5.07. The summed E-state index contributed by atoms with van der Waals surface area (Å²) >= 11 is 0. The lowest BCUT2D eigenvalue weighted by Gasteiger charge is -2.35. The maximum absolute atomic E-state index is 10.2. The van der Waals surface area contributed by atoms with Gasteiger partial charge in [0.15, 0.2) is 0 Å². The minimum atomic E-state index is -0.442. The number of hydrogen-bond donors (Lipinski definition) is 2. The number of rotatable bonds is 4. The molecule has 0 spiro atoms. The van der Waals surface area contributed by atoms with Gasteiger partial charge in [0.25, 0.3) is 0 Å². The maximum atomic E-state index is 10.2. The van der Waals surface area contributed by atoms with Crippen LogP contribution in [0.2, 0.25) is 0 Å². The van der Waals surface area contributed by atoms with Gasteiger partial charge < -0.3 is 10.4 Å². The summed E-state index contributed by atoms with van der Waals surface area (Å²) in [6, 6.07) is 0. The van der Waals surface area contributed by atoms with Crippen LogP contribution in [0.3, 0.4) is 0 Å². The van der Waals surface area contributed by atoms with E-state index in [4.69, 9.17) is 0 Å². The third-order valence-electron chi connectivity index (χ3n) is 3.09. The minimum absolute atomic E-state index is 0.442. The van der Waals surface area contributed by atoms with E-state index >= 15 is 0 Å². The molecular formula is C11H24N2O. The third kappa shape index (κ3) is 3.95. The van der Waals surface area contributed by atoms with Crippen LogP contribution in [0.15, 0.2) is 0 Å². The normalized spacial score (nSPS) is 33.6. The van der Waals surface area contributed by atoms with E-state index in [1.165, 1.54) is 12.8 Å². The molecule has 1 saturated carbocycles. The molecule has 0 aliphatic heterocycles. The second kappa shape index (κ2) is 5.10. The first-order valence-corrected chi connectivity index (χ1v) is 5.60. The molecule has 0 saturated heterocycles. The van der Waals surface area contributed by atoms with Gasteiger partial charge in [-0.25, -0.2) is 0 Å². The lowest BCUT2D eigenvalue weighted by molar-refractivity contribution is -0.00779. The van der Waals surface area contributed by atoms with Crippen LogP contribution >= 0.6 is 0 Å². The zero-order valence-electron chi connectivity index (χ0n) is 9.71. The molecule has 0 aromatic heterocycles. The molecule has 0 heterocycles. The Morgan fingerprint density at radius 3 is 2.43 bits per heavy atom. The zero-order valence-corrected chi connectivity index (χ0v) is 9.71.